The Morgan fingerprint density at radius 2 is 1.77 bits per heavy atom. The van der Waals surface area contributed by atoms with Crippen molar-refractivity contribution in [2.45, 2.75) is 46.7 Å². The van der Waals surface area contributed by atoms with Crippen LogP contribution >= 0.6 is 23.2 Å². The summed E-state index contributed by atoms with van der Waals surface area (Å²) in [6, 6.07) is 11.9. The van der Waals surface area contributed by atoms with Gasteiger partial charge in [-0.1, -0.05) is 56.1 Å². The molecule has 0 radical (unpaired) electrons. The van der Waals surface area contributed by atoms with Gasteiger partial charge in [-0.15, -0.1) is 0 Å². The van der Waals surface area contributed by atoms with Crippen LogP contribution in [0.1, 0.15) is 38.3 Å². The van der Waals surface area contributed by atoms with Crippen LogP contribution < -0.4 is 10.1 Å². The normalized spacial score (nSPS) is 11.8. The Hall–Kier alpha value is -2.24. The summed E-state index contributed by atoms with van der Waals surface area (Å²) in [6.07, 6.45) is 0.489. The summed E-state index contributed by atoms with van der Waals surface area (Å²) in [5.41, 5.74) is 1.75. The van der Waals surface area contributed by atoms with Crippen molar-refractivity contribution in [3.63, 3.8) is 0 Å². The SMILES string of the molecule is CC[C@H](C(=O)NCC(C)C)N(Cc1ccc(Cl)cc1)C(=O)COc1ccc(Cl)c(C)c1. The number of halogens is 2. The molecule has 2 aromatic rings. The zero-order valence-electron chi connectivity index (χ0n) is 18.5. The molecule has 0 spiro atoms. The number of amides is 2. The fourth-order valence-electron chi connectivity index (χ4n) is 3.06. The molecule has 7 heteroatoms. The molecule has 2 amide bonds. The Kier molecular flexibility index (Phi) is 9.66. The number of aryl methyl sites for hydroxylation is 1. The van der Waals surface area contributed by atoms with E-state index in [0.717, 1.165) is 11.1 Å². The van der Waals surface area contributed by atoms with Gasteiger partial charge in [0.2, 0.25) is 5.91 Å². The van der Waals surface area contributed by atoms with Crippen LogP contribution in [0, 0.1) is 12.8 Å². The lowest BCUT2D eigenvalue weighted by Crippen LogP contribution is -2.50. The summed E-state index contributed by atoms with van der Waals surface area (Å²) in [5.74, 6) is 0.437. The molecule has 31 heavy (non-hydrogen) atoms. The first kappa shape index (κ1) is 25.0. The maximum Gasteiger partial charge on any atom is 0.261 e. The number of hydrogen-bond donors (Lipinski definition) is 1. The van der Waals surface area contributed by atoms with E-state index >= 15 is 0 Å². The standard InChI is InChI=1S/C24H30Cl2N2O3/c1-5-22(24(30)27-13-16(2)3)28(14-18-6-8-19(25)9-7-18)23(29)15-31-20-10-11-21(26)17(4)12-20/h6-12,16,22H,5,13-15H2,1-4H3,(H,27,30)/t22-/m1/s1. The molecule has 0 aliphatic carbocycles. The fourth-order valence-corrected chi connectivity index (χ4v) is 3.31. The van der Waals surface area contributed by atoms with E-state index in [1.165, 1.54) is 0 Å². The molecule has 0 heterocycles. The first-order valence-corrected chi connectivity index (χ1v) is 11.2. The molecular weight excluding hydrogens is 435 g/mol. The van der Waals surface area contributed by atoms with Gasteiger partial charge in [0.1, 0.15) is 11.8 Å². The van der Waals surface area contributed by atoms with Crippen LogP contribution in [-0.2, 0) is 16.1 Å². The van der Waals surface area contributed by atoms with Gasteiger partial charge in [-0.2, -0.15) is 0 Å². The summed E-state index contributed by atoms with van der Waals surface area (Å²) in [5, 5.41) is 4.19. The highest BCUT2D eigenvalue weighted by Crippen LogP contribution is 2.21. The van der Waals surface area contributed by atoms with Gasteiger partial charge < -0.3 is 15.0 Å². The van der Waals surface area contributed by atoms with Crippen molar-refractivity contribution in [3.8, 4) is 5.75 Å². The molecule has 2 rings (SSSR count). The zero-order chi connectivity index (χ0) is 23.0. The van der Waals surface area contributed by atoms with Crippen molar-refractivity contribution < 1.29 is 14.3 Å². The van der Waals surface area contributed by atoms with Crippen molar-refractivity contribution in [1.82, 2.24) is 10.2 Å². The minimum Gasteiger partial charge on any atom is -0.484 e. The summed E-state index contributed by atoms with van der Waals surface area (Å²) >= 11 is 12.0. The van der Waals surface area contributed by atoms with Crippen LogP contribution in [0.25, 0.3) is 0 Å². The number of hydrogen-bond acceptors (Lipinski definition) is 3. The lowest BCUT2D eigenvalue weighted by atomic mass is 10.1. The van der Waals surface area contributed by atoms with Crippen LogP contribution in [0.15, 0.2) is 42.5 Å². The number of carbonyl (C=O) groups excluding carboxylic acids is 2. The predicted molar refractivity (Wildman–Crippen MR) is 126 cm³/mol. The minimum absolute atomic E-state index is 0.166. The first-order valence-electron chi connectivity index (χ1n) is 10.4. The van der Waals surface area contributed by atoms with Crippen LogP contribution in [0.3, 0.4) is 0 Å². The fraction of sp³-hybridized carbons (Fsp3) is 0.417. The molecule has 0 aliphatic heterocycles. The summed E-state index contributed by atoms with van der Waals surface area (Å²) < 4.78 is 5.71. The highest BCUT2D eigenvalue weighted by Gasteiger charge is 2.29. The molecule has 0 aromatic heterocycles. The highest BCUT2D eigenvalue weighted by molar-refractivity contribution is 6.31. The van der Waals surface area contributed by atoms with E-state index in [2.05, 4.69) is 5.32 Å². The Morgan fingerprint density at radius 3 is 2.35 bits per heavy atom. The summed E-state index contributed by atoms with van der Waals surface area (Å²) in [6.45, 7) is 8.48. The van der Waals surface area contributed by atoms with Gasteiger partial charge >= 0.3 is 0 Å². The van der Waals surface area contributed by atoms with Gasteiger partial charge in [-0.25, -0.2) is 0 Å². The third kappa shape index (κ3) is 7.75. The Balaban J connectivity index is 2.19. The van der Waals surface area contributed by atoms with E-state index in [0.29, 0.717) is 34.7 Å². The van der Waals surface area contributed by atoms with Gasteiger partial charge in [0, 0.05) is 23.1 Å². The van der Waals surface area contributed by atoms with Crippen molar-refractivity contribution >= 4 is 35.0 Å². The van der Waals surface area contributed by atoms with Crippen LogP contribution in [-0.4, -0.2) is 35.9 Å². The molecule has 0 saturated heterocycles. The number of nitrogens with one attached hydrogen (secondary N) is 1. The Labute approximate surface area is 194 Å². The van der Waals surface area contributed by atoms with Crippen LogP contribution in [0.4, 0.5) is 0 Å². The maximum absolute atomic E-state index is 13.2. The minimum atomic E-state index is -0.600. The predicted octanol–water partition coefficient (Wildman–Crippen LogP) is 5.26. The molecule has 0 fully saturated rings. The van der Waals surface area contributed by atoms with Gasteiger partial charge in [0.15, 0.2) is 6.61 Å². The second-order valence-corrected chi connectivity index (χ2v) is 8.75. The quantitative estimate of drug-likeness (QED) is 0.521. The number of benzene rings is 2. The number of ether oxygens (including phenoxy) is 1. The monoisotopic (exact) mass is 464 g/mol. The van der Waals surface area contributed by atoms with E-state index in [4.69, 9.17) is 27.9 Å². The molecule has 0 unspecified atom stereocenters. The van der Waals surface area contributed by atoms with Gasteiger partial charge in [0.25, 0.3) is 5.91 Å². The van der Waals surface area contributed by atoms with E-state index in [-0.39, 0.29) is 25.0 Å². The van der Waals surface area contributed by atoms with Gasteiger partial charge in [-0.05, 0) is 60.7 Å². The summed E-state index contributed by atoms with van der Waals surface area (Å²) in [4.78, 5) is 27.6. The Bertz CT molecular complexity index is 885. The molecule has 1 atom stereocenters. The van der Waals surface area contributed by atoms with Gasteiger partial charge in [0.05, 0.1) is 0 Å². The average molecular weight is 465 g/mol. The van der Waals surface area contributed by atoms with Crippen molar-refractivity contribution in [2.24, 2.45) is 5.92 Å². The molecule has 5 nitrogen and oxygen atoms in total. The Morgan fingerprint density at radius 1 is 1.10 bits per heavy atom. The molecule has 168 valence electrons. The van der Waals surface area contributed by atoms with E-state index in [1.807, 2.05) is 39.8 Å². The molecule has 1 N–H and O–H groups in total. The molecule has 0 bridgehead atoms. The van der Waals surface area contributed by atoms with Crippen molar-refractivity contribution in [2.75, 3.05) is 13.2 Å². The average Bonchev–Trinajstić information content (AvgIpc) is 2.74. The molecule has 0 saturated carbocycles. The van der Waals surface area contributed by atoms with Crippen molar-refractivity contribution in [3.05, 3.63) is 63.6 Å². The van der Waals surface area contributed by atoms with Gasteiger partial charge in [-0.3, -0.25) is 9.59 Å². The number of nitrogens with zero attached hydrogens (tertiary/aromatic N) is 1. The summed E-state index contributed by atoms with van der Waals surface area (Å²) in [7, 11) is 0. The number of carbonyl (C=O) groups is 2. The highest BCUT2D eigenvalue weighted by atomic mass is 35.5. The maximum atomic E-state index is 13.2. The third-order valence-corrected chi connectivity index (χ3v) is 5.50. The number of rotatable bonds is 10. The topological polar surface area (TPSA) is 58.6 Å². The molecular formula is C24H30Cl2N2O3. The smallest absolute Gasteiger partial charge is 0.261 e. The first-order chi connectivity index (χ1) is 14.7. The largest absolute Gasteiger partial charge is 0.484 e. The zero-order valence-corrected chi connectivity index (χ0v) is 20.0. The lowest BCUT2D eigenvalue weighted by Gasteiger charge is -2.31. The second kappa shape index (κ2) is 12.0. The van der Waals surface area contributed by atoms with E-state index < -0.39 is 6.04 Å². The van der Waals surface area contributed by atoms with Crippen molar-refractivity contribution in [1.29, 1.82) is 0 Å². The third-order valence-electron chi connectivity index (χ3n) is 4.83. The van der Waals surface area contributed by atoms with E-state index in [1.54, 1.807) is 35.2 Å². The molecule has 0 aliphatic rings. The van der Waals surface area contributed by atoms with Crippen LogP contribution in [0.5, 0.6) is 5.75 Å². The van der Waals surface area contributed by atoms with E-state index in [9.17, 15) is 9.59 Å². The van der Waals surface area contributed by atoms with Crippen LogP contribution in [0.2, 0.25) is 10.0 Å². The second-order valence-electron chi connectivity index (χ2n) is 7.91. The molecule has 2 aromatic carbocycles. The lowest BCUT2D eigenvalue weighted by molar-refractivity contribution is -0.143.